The van der Waals surface area contributed by atoms with Crippen LogP contribution in [0, 0.1) is 18.7 Å². The molecule has 0 aliphatic carbocycles. The molecule has 2 aromatic carbocycles. The molecule has 0 spiro atoms. The number of nitrogens with zero attached hydrogens (tertiary/aromatic N) is 1. The Morgan fingerprint density at radius 1 is 1.13 bits per heavy atom. The van der Waals surface area contributed by atoms with E-state index in [1.165, 1.54) is 13.0 Å². The average molecular weight is 648 g/mol. The van der Waals surface area contributed by atoms with E-state index in [0.717, 1.165) is 19.2 Å². The molecule has 9 nitrogen and oxygen atoms in total. The summed E-state index contributed by atoms with van der Waals surface area (Å²) >= 11 is 0. The second-order valence-corrected chi connectivity index (χ2v) is 10.5. The van der Waals surface area contributed by atoms with Gasteiger partial charge in [0.15, 0.2) is 0 Å². The van der Waals surface area contributed by atoms with Crippen molar-refractivity contribution in [3.63, 3.8) is 0 Å². The highest BCUT2D eigenvalue weighted by molar-refractivity contribution is 5.99. The molecular weight excluding hydrogens is 619 g/mol. The smallest absolute Gasteiger partial charge is 0.494 e. The van der Waals surface area contributed by atoms with Gasteiger partial charge in [-0.2, -0.15) is 13.2 Å². The van der Waals surface area contributed by atoms with Gasteiger partial charge in [-0.3, -0.25) is 14.4 Å². The van der Waals surface area contributed by atoms with E-state index >= 15 is 4.39 Å². The van der Waals surface area contributed by atoms with Crippen molar-refractivity contribution < 1.29 is 54.9 Å². The lowest BCUT2D eigenvalue weighted by Crippen LogP contribution is -2.34. The van der Waals surface area contributed by atoms with Crippen molar-refractivity contribution in [2.45, 2.75) is 51.3 Å². The molecule has 0 bridgehead atoms. The standard InChI is InChI=1S/C29H28F7N3O6/c1-14-9-17(45-29(34,35)36)4-3-16(14)11-38-26(41)19-12-39(13-28(31,32)33)23-18(24(19)40)10-20(30)22(25(23)44-2)21(27(42)43)15-5-7-37-8-6-15/h3-4,9-10,12,15,21,37H,5-8,11,13H2,1-2H3,(H,38,41)(H,42,43). The second-order valence-electron chi connectivity index (χ2n) is 10.5. The Morgan fingerprint density at radius 3 is 2.36 bits per heavy atom. The molecule has 1 unspecified atom stereocenters. The maximum absolute atomic E-state index is 15.8. The van der Waals surface area contributed by atoms with Crippen molar-refractivity contribution in [3.8, 4) is 11.5 Å². The number of ether oxygens (including phenoxy) is 2. The number of aryl methyl sites for hydroxylation is 1. The second kappa shape index (κ2) is 12.9. The van der Waals surface area contributed by atoms with Crippen molar-refractivity contribution in [2.75, 3.05) is 20.2 Å². The number of rotatable bonds is 9. The molecule has 1 aliphatic heterocycles. The molecule has 1 aromatic heterocycles. The number of hydrogen-bond acceptors (Lipinski definition) is 6. The Kier molecular flexibility index (Phi) is 9.65. The maximum Gasteiger partial charge on any atom is 0.573 e. The van der Waals surface area contributed by atoms with Crippen LogP contribution in [0.3, 0.4) is 0 Å². The first-order chi connectivity index (χ1) is 21.0. The lowest BCUT2D eigenvalue weighted by molar-refractivity contribution is -0.274. The molecule has 1 fully saturated rings. The molecule has 1 atom stereocenters. The number of fused-ring (bicyclic) bond motifs is 1. The van der Waals surface area contributed by atoms with Crippen LogP contribution >= 0.6 is 0 Å². The summed E-state index contributed by atoms with van der Waals surface area (Å²) in [4.78, 5) is 38.9. The number of carboxylic acids is 1. The summed E-state index contributed by atoms with van der Waals surface area (Å²) in [5.41, 5.74) is -2.40. The number of nitrogens with one attached hydrogen (secondary N) is 2. The van der Waals surface area contributed by atoms with Crippen LogP contribution in [0.1, 0.15) is 45.8 Å². The summed E-state index contributed by atoms with van der Waals surface area (Å²) < 4.78 is 104. The van der Waals surface area contributed by atoms with Crippen LogP contribution in [0.25, 0.3) is 10.9 Å². The third-order valence-electron chi connectivity index (χ3n) is 7.52. The molecule has 1 amide bonds. The van der Waals surface area contributed by atoms with Gasteiger partial charge in [0.2, 0.25) is 5.43 Å². The number of benzene rings is 2. The van der Waals surface area contributed by atoms with E-state index < -0.39 is 87.6 Å². The predicted molar refractivity (Wildman–Crippen MR) is 146 cm³/mol. The minimum atomic E-state index is -4.93. The summed E-state index contributed by atoms with van der Waals surface area (Å²) in [7, 11) is 1.01. The first-order valence-corrected chi connectivity index (χ1v) is 13.6. The van der Waals surface area contributed by atoms with E-state index in [4.69, 9.17) is 4.74 Å². The molecule has 3 aromatic rings. The van der Waals surface area contributed by atoms with Crippen LogP contribution in [0.4, 0.5) is 30.7 Å². The van der Waals surface area contributed by atoms with Gasteiger partial charge in [0, 0.05) is 18.3 Å². The van der Waals surface area contributed by atoms with Gasteiger partial charge >= 0.3 is 18.5 Å². The quantitative estimate of drug-likeness (QED) is 0.280. The van der Waals surface area contributed by atoms with E-state index in [0.29, 0.717) is 48.3 Å². The minimum Gasteiger partial charge on any atom is -0.494 e. The number of carbonyl (C=O) groups is 2. The topological polar surface area (TPSA) is 119 Å². The number of aromatic nitrogens is 1. The van der Waals surface area contributed by atoms with Crippen molar-refractivity contribution in [1.29, 1.82) is 0 Å². The Hall–Kier alpha value is -4.34. The minimum absolute atomic E-state index is 0.270. The van der Waals surface area contributed by atoms with Crippen LogP contribution in [0.2, 0.25) is 0 Å². The summed E-state index contributed by atoms with van der Waals surface area (Å²) in [5.74, 6) is -6.94. The lowest BCUT2D eigenvalue weighted by Gasteiger charge is -2.30. The number of halogens is 7. The maximum atomic E-state index is 15.8. The number of carbonyl (C=O) groups excluding carboxylic acids is 1. The summed E-state index contributed by atoms with van der Waals surface area (Å²) in [6.45, 7) is 0.234. The molecule has 45 heavy (non-hydrogen) atoms. The fourth-order valence-electron chi connectivity index (χ4n) is 5.56. The van der Waals surface area contributed by atoms with E-state index in [9.17, 15) is 45.8 Å². The van der Waals surface area contributed by atoms with Gasteiger partial charge in [-0.25, -0.2) is 4.39 Å². The number of pyridine rings is 1. The van der Waals surface area contributed by atoms with E-state index in [1.54, 1.807) is 0 Å². The highest BCUT2D eigenvalue weighted by Gasteiger charge is 2.38. The SMILES string of the molecule is COc1c(C(C(=O)O)C2CCNCC2)c(F)cc2c(=O)c(C(=O)NCc3ccc(OC(F)(F)F)cc3C)cn(CC(F)(F)F)c12. The normalized spacial score (nSPS) is 15.1. The Balaban J connectivity index is 1.80. The number of hydrogen-bond donors (Lipinski definition) is 3. The number of carboxylic acid groups (broad SMARTS) is 1. The summed E-state index contributed by atoms with van der Waals surface area (Å²) in [6, 6.07) is 3.89. The molecule has 1 aliphatic rings. The summed E-state index contributed by atoms with van der Waals surface area (Å²) in [6.07, 6.45) is -8.52. The average Bonchev–Trinajstić information content (AvgIpc) is 2.93. The monoisotopic (exact) mass is 647 g/mol. The van der Waals surface area contributed by atoms with Crippen molar-refractivity contribution in [3.05, 3.63) is 68.8 Å². The highest BCUT2D eigenvalue weighted by Crippen LogP contribution is 2.42. The molecule has 2 heterocycles. The van der Waals surface area contributed by atoms with E-state index in [1.807, 2.05) is 0 Å². The molecule has 0 saturated carbocycles. The van der Waals surface area contributed by atoms with Crippen molar-refractivity contribution in [1.82, 2.24) is 15.2 Å². The molecule has 1 saturated heterocycles. The van der Waals surface area contributed by atoms with Crippen LogP contribution in [0.5, 0.6) is 11.5 Å². The van der Waals surface area contributed by atoms with Crippen molar-refractivity contribution >= 4 is 22.8 Å². The first-order valence-electron chi connectivity index (χ1n) is 13.6. The molecule has 16 heteroatoms. The number of piperidine rings is 1. The van der Waals surface area contributed by atoms with Crippen LogP contribution < -0.4 is 25.5 Å². The fourth-order valence-corrected chi connectivity index (χ4v) is 5.56. The van der Waals surface area contributed by atoms with Gasteiger partial charge in [0.1, 0.15) is 29.4 Å². The summed E-state index contributed by atoms with van der Waals surface area (Å²) in [5, 5.41) is 14.8. The van der Waals surface area contributed by atoms with Crippen LogP contribution in [-0.4, -0.2) is 54.3 Å². The third kappa shape index (κ3) is 7.67. The number of alkyl halides is 6. The van der Waals surface area contributed by atoms with Gasteiger partial charge in [-0.05, 0) is 68.1 Å². The highest BCUT2D eigenvalue weighted by atomic mass is 19.4. The van der Waals surface area contributed by atoms with E-state index in [-0.39, 0.29) is 12.1 Å². The Morgan fingerprint density at radius 2 is 1.80 bits per heavy atom. The molecule has 244 valence electrons. The lowest BCUT2D eigenvalue weighted by atomic mass is 9.79. The number of aliphatic carboxylic acids is 1. The van der Waals surface area contributed by atoms with Gasteiger partial charge in [0.05, 0.1) is 23.9 Å². The Labute approximate surface area is 250 Å². The molecular formula is C29H28F7N3O6. The van der Waals surface area contributed by atoms with Gasteiger partial charge < -0.3 is 29.8 Å². The van der Waals surface area contributed by atoms with Crippen LogP contribution in [-0.2, 0) is 17.9 Å². The molecule has 4 rings (SSSR count). The fraction of sp³-hybridized carbons (Fsp3) is 0.414. The largest absolute Gasteiger partial charge is 0.573 e. The van der Waals surface area contributed by atoms with Crippen LogP contribution in [0.15, 0.2) is 35.3 Å². The number of methoxy groups -OCH3 is 1. The van der Waals surface area contributed by atoms with E-state index in [2.05, 4.69) is 15.4 Å². The van der Waals surface area contributed by atoms with Gasteiger partial charge in [-0.1, -0.05) is 6.07 Å². The zero-order valence-electron chi connectivity index (χ0n) is 23.9. The zero-order valence-corrected chi connectivity index (χ0v) is 23.9. The Bertz CT molecular complexity index is 1660. The zero-order chi connectivity index (χ0) is 33.3. The number of amides is 1. The molecule has 3 N–H and O–H groups in total. The van der Waals surface area contributed by atoms with Crippen molar-refractivity contribution in [2.24, 2.45) is 5.92 Å². The third-order valence-corrected chi connectivity index (χ3v) is 7.52. The first kappa shape index (κ1) is 33.6. The van der Waals surface area contributed by atoms with Gasteiger partial charge in [-0.15, -0.1) is 13.2 Å². The predicted octanol–water partition coefficient (Wildman–Crippen LogP) is 5.02. The van der Waals surface area contributed by atoms with Gasteiger partial charge in [0.25, 0.3) is 5.91 Å². The molecule has 0 radical (unpaired) electrons.